The number of benzene rings is 2. The molecule has 1 heterocycles. The molecule has 0 aromatic heterocycles. The van der Waals surface area contributed by atoms with Crippen LogP contribution in [0.4, 0.5) is 11.4 Å². The lowest BCUT2D eigenvalue weighted by Gasteiger charge is -2.29. The fraction of sp³-hybridized carbons (Fsp3) is 0.235. The van der Waals surface area contributed by atoms with Crippen molar-refractivity contribution in [2.45, 2.75) is 29.6 Å². The van der Waals surface area contributed by atoms with Gasteiger partial charge in [-0.3, -0.25) is 0 Å². The van der Waals surface area contributed by atoms with Crippen LogP contribution in [0.3, 0.4) is 0 Å². The lowest BCUT2D eigenvalue weighted by molar-refractivity contribution is 0.0255. The average molecular weight is 378 g/mol. The van der Waals surface area contributed by atoms with Crippen molar-refractivity contribution < 1.29 is 18.5 Å². The number of carboxylic acids is 1. The number of carboxylic acid groups (broad SMARTS) is 1. The zero-order chi connectivity index (χ0) is 17.6. The van der Waals surface area contributed by atoms with E-state index in [0.717, 1.165) is 47.2 Å². The molecule has 2 N–H and O–H groups in total. The SMILES string of the molecule is CCCCNc1cc(C(=O)O)cc(N2OSO2)c1Sc1ccccc1. The van der Waals surface area contributed by atoms with Crippen molar-refractivity contribution in [3.63, 3.8) is 0 Å². The first-order chi connectivity index (χ1) is 12.2. The maximum atomic E-state index is 11.5. The minimum atomic E-state index is -0.996. The molecule has 1 saturated heterocycles. The quantitative estimate of drug-likeness (QED) is 0.491. The van der Waals surface area contributed by atoms with Gasteiger partial charge in [-0.05, 0) is 30.7 Å². The van der Waals surface area contributed by atoms with Crippen molar-refractivity contribution in [1.82, 2.24) is 0 Å². The first-order valence-corrected chi connectivity index (χ1v) is 9.37. The van der Waals surface area contributed by atoms with E-state index in [-0.39, 0.29) is 5.56 Å². The molecule has 2 aromatic carbocycles. The monoisotopic (exact) mass is 378 g/mol. The van der Waals surface area contributed by atoms with E-state index in [0.29, 0.717) is 5.69 Å². The number of nitrogens with one attached hydrogen (secondary N) is 1. The Morgan fingerprint density at radius 2 is 2.04 bits per heavy atom. The Bertz CT molecular complexity index is 739. The van der Waals surface area contributed by atoms with Crippen molar-refractivity contribution in [2.75, 3.05) is 17.1 Å². The maximum absolute atomic E-state index is 11.5. The van der Waals surface area contributed by atoms with Crippen LogP contribution in [0.1, 0.15) is 30.1 Å². The van der Waals surface area contributed by atoms with Crippen LogP contribution in [0.25, 0.3) is 0 Å². The van der Waals surface area contributed by atoms with Crippen LogP contribution in [0.2, 0.25) is 0 Å². The lowest BCUT2D eigenvalue weighted by atomic mass is 10.1. The summed E-state index contributed by atoms with van der Waals surface area (Å²) in [6.07, 6.45) is 2.04. The molecule has 1 aliphatic rings. The second-order valence-corrected chi connectivity index (χ2v) is 6.86. The number of hydrogen-bond acceptors (Lipinski definition) is 7. The van der Waals surface area contributed by atoms with E-state index in [1.807, 2.05) is 30.3 Å². The predicted octanol–water partition coefficient (Wildman–Crippen LogP) is 4.99. The molecule has 0 saturated carbocycles. The maximum Gasteiger partial charge on any atom is 0.335 e. The Kier molecular flexibility index (Phi) is 6.09. The summed E-state index contributed by atoms with van der Waals surface area (Å²) in [7, 11) is 0. The molecular formula is C17H18N2O4S2. The molecule has 0 aliphatic carbocycles. The number of nitrogens with zero attached hydrogens (tertiary/aromatic N) is 1. The summed E-state index contributed by atoms with van der Waals surface area (Å²) in [5.41, 5.74) is 1.49. The van der Waals surface area contributed by atoms with Crippen LogP contribution in [0.15, 0.2) is 52.3 Å². The zero-order valence-electron chi connectivity index (χ0n) is 13.6. The minimum Gasteiger partial charge on any atom is -0.478 e. The first kappa shape index (κ1) is 17.9. The molecule has 0 bridgehead atoms. The fourth-order valence-corrected chi connectivity index (χ4v) is 3.55. The van der Waals surface area contributed by atoms with Crippen molar-refractivity contribution in [2.24, 2.45) is 0 Å². The van der Waals surface area contributed by atoms with Gasteiger partial charge in [0.05, 0.1) is 16.1 Å². The number of carbonyl (C=O) groups is 1. The Labute approximate surface area is 154 Å². The molecule has 8 heteroatoms. The van der Waals surface area contributed by atoms with E-state index in [4.69, 9.17) is 8.57 Å². The number of unbranched alkanes of at least 4 members (excludes halogenated alkanes) is 1. The minimum absolute atomic E-state index is 0.176. The molecular weight excluding hydrogens is 360 g/mol. The highest BCUT2D eigenvalue weighted by Gasteiger charge is 2.27. The summed E-state index contributed by atoms with van der Waals surface area (Å²) >= 11 is 2.38. The summed E-state index contributed by atoms with van der Waals surface area (Å²) < 4.78 is 10.4. The van der Waals surface area contributed by atoms with Crippen molar-refractivity contribution in [1.29, 1.82) is 0 Å². The lowest BCUT2D eigenvalue weighted by Crippen LogP contribution is -2.27. The molecule has 2 aromatic rings. The van der Waals surface area contributed by atoms with E-state index in [1.165, 1.54) is 17.0 Å². The van der Waals surface area contributed by atoms with Crippen LogP contribution >= 0.6 is 24.1 Å². The molecule has 0 radical (unpaired) electrons. The summed E-state index contributed by atoms with van der Waals surface area (Å²) in [4.78, 5) is 13.4. The van der Waals surface area contributed by atoms with Gasteiger partial charge in [0.25, 0.3) is 0 Å². The Balaban J connectivity index is 2.01. The van der Waals surface area contributed by atoms with Crippen molar-refractivity contribution >= 4 is 41.4 Å². The summed E-state index contributed by atoms with van der Waals surface area (Å²) in [6.45, 7) is 2.87. The summed E-state index contributed by atoms with van der Waals surface area (Å²) in [5.74, 6) is -0.996. The normalized spacial score (nSPS) is 13.4. The largest absolute Gasteiger partial charge is 0.478 e. The molecule has 25 heavy (non-hydrogen) atoms. The van der Waals surface area contributed by atoms with E-state index in [1.54, 1.807) is 12.1 Å². The van der Waals surface area contributed by atoms with Gasteiger partial charge in [0.2, 0.25) is 12.3 Å². The van der Waals surface area contributed by atoms with Crippen LogP contribution in [0.5, 0.6) is 0 Å². The van der Waals surface area contributed by atoms with Crippen molar-refractivity contribution in [3.05, 3.63) is 48.0 Å². The van der Waals surface area contributed by atoms with E-state index in [9.17, 15) is 9.90 Å². The van der Waals surface area contributed by atoms with Gasteiger partial charge in [0.15, 0.2) is 0 Å². The smallest absolute Gasteiger partial charge is 0.335 e. The van der Waals surface area contributed by atoms with Gasteiger partial charge in [0.1, 0.15) is 5.69 Å². The number of rotatable bonds is 8. The van der Waals surface area contributed by atoms with Gasteiger partial charge in [-0.2, -0.15) is 0 Å². The summed E-state index contributed by atoms with van der Waals surface area (Å²) in [6, 6.07) is 13.1. The molecule has 0 atom stereocenters. The van der Waals surface area contributed by atoms with Crippen LogP contribution in [0, 0.1) is 0 Å². The Hall–Kier alpha value is -1.87. The van der Waals surface area contributed by atoms with Gasteiger partial charge in [-0.25, -0.2) is 4.79 Å². The highest BCUT2D eigenvalue weighted by Crippen LogP contribution is 2.45. The van der Waals surface area contributed by atoms with E-state index in [2.05, 4.69) is 12.2 Å². The molecule has 1 fully saturated rings. The van der Waals surface area contributed by atoms with Gasteiger partial charge in [-0.15, -0.1) is 8.57 Å². The topological polar surface area (TPSA) is 71.0 Å². The second-order valence-electron chi connectivity index (χ2n) is 5.35. The number of aromatic carboxylic acids is 1. The molecule has 0 unspecified atom stereocenters. The van der Waals surface area contributed by atoms with Gasteiger partial charge in [-0.1, -0.05) is 48.5 Å². The van der Waals surface area contributed by atoms with E-state index < -0.39 is 5.97 Å². The predicted molar refractivity (Wildman–Crippen MR) is 99.6 cm³/mol. The highest BCUT2D eigenvalue weighted by molar-refractivity contribution is 7.99. The van der Waals surface area contributed by atoms with E-state index >= 15 is 0 Å². The number of anilines is 2. The molecule has 132 valence electrons. The molecule has 0 spiro atoms. The molecule has 0 amide bonds. The second kappa shape index (κ2) is 8.48. The Morgan fingerprint density at radius 3 is 2.64 bits per heavy atom. The summed E-state index contributed by atoms with van der Waals surface area (Å²) in [5, 5.41) is 14.0. The Morgan fingerprint density at radius 1 is 1.28 bits per heavy atom. The fourth-order valence-electron chi connectivity index (χ4n) is 2.26. The molecule has 3 rings (SSSR count). The van der Waals surface area contributed by atoms with Crippen molar-refractivity contribution in [3.8, 4) is 0 Å². The van der Waals surface area contributed by atoms with Gasteiger partial charge < -0.3 is 10.4 Å². The zero-order valence-corrected chi connectivity index (χ0v) is 15.2. The average Bonchev–Trinajstić information content (AvgIpc) is 2.56. The van der Waals surface area contributed by atoms with Crippen LogP contribution < -0.4 is 10.5 Å². The first-order valence-electron chi connectivity index (χ1n) is 7.88. The highest BCUT2D eigenvalue weighted by atomic mass is 32.2. The van der Waals surface area contributed by atoms with Gasteiger partial charge in [0, 0.05) is 11.4 Å². The van der Waals surface area contributed by atoms with Crippen LogP contribution in [-0.2, 0) is 8.57 Å². The molecule has 1 aliphatic heterocycles. The third-order valence-electron chi connectivity index (χ3n) is 3.52. The third kappa shape index (κ3) is 4.40. The third-order valence-corrected chi connectivity index (χ3v) is 5.05. The van der Waals surface area contributed by atoms with Crippen LogP contribution in [-0.4, -0.2) is 17.6 Å². The van der Waals surface area contributed by atoms with Gasteiger partial charge >= 0.3 is 5.97 Å². The molecule has 6 nitrogen and oxygen atoms in total. The standard InChI is InChI=1S/C17H18N2O4S2/c1-2-3-9-18-14-10-12(17(20)21)11-15(19-22-25-23-19)16(14)24-13-7-5-4-6-8-13/h4-8,10-11,18H,2-3,9H2,1H3,(H,20,21). The number of hydrogen-bond donors (Lipinski definition) is 2.